The van der Waals surface area contributed by atoms with E-state index in [-0.39, 0.29) is 5.78 Å². The molecular formula is C22H15N3O2. The highest BCUT2D eigenvalue weighted by atomic mass is 16.5. The van der Waals surface area contributed by atoms with E-state index >= 15 is 0 Å². The van der Waals surface area contributed by atoms with Crippen LogP contribution in [0.15, 0.2) is 78.9 Å². The molecule has 5 nitrogen and oxygen atoms in total. The maximum atomic E-state index is 12.8. The summed E-state index contributed by atoms with van der Waals surface area (Å²) in [4.78, 5) is 20.2. The largest absolute Gasteiger partial charge is 0.457 e. The third kappa shape index (κ3) is 3.42. The van der Waals surface area contributed by atoms with Crippen molar-refractivity contribution in [2.24, 2.45) is 0 Å². The van der Waals surface area contributed by atoms with E-state index in [9.17, 15) is 10.1 Å². The Balaban J connectivity index is 1.56. The lowest BCUT2D eigenvalue weighted by molar-refractivity contribution is 0.0976. The van der Waals surface area contributed by atoms with Crippen LogP contribution in [0.1, 0.15) is 22.1 Å². The molecule has 0 saturated carbocycles. The molecule has 1 aromatic heterocycles. The molecule has 1 N–H and O–H groups in total. The molecule has 0 radical (unpaired) electrons. The van der Waals surface area contributed by atoms with E-state index in [1.54, 1.807) is 24.3 Å². The number of hydrogen-bond acceptors (Lipinski definition) is 4. The number of carbonyl (C=O) groups is 1. The number of nitrogens with one attached hydrogen (secondary N) is 1. The lowest BCUT2D eigenvalue weighted by atomic mass is 9.98. The smallest absolute Gasteiger partial charge is 0.187 e. The summed E-state index contributed by atoms with van der Waals surface area (Å²) in [6.07, 6.45) is 0. The van der Waals surface area contributed by atoms with Crippen molar-refractivity contribution in [3.8, 4) is 17.6 Å². The Bertz CT molecular complexity index is 1090. The van der Waals surface area contributed by atoms with Crippen LogP contribution in [-0.4, -0.2) is 15.8 Å². The third-order valence-corrected chi connectivity index (χ3v) is 4.19. The first-order valence-electron chi connectivity index (χ1n) is 8.46. The molecule has 0 bridgehead atoms. The molecule has 0 spiro atoms. The molecule has 5 heteroatoms. The van der Waals surface area contributed by atoms with E-state index in [0.717, 1.165) is 11.0 Å². The Morgan fingerprint density at radius 1 is 0.926 bits per heavy atom. The molecule has 0 saturated heterocycles. The van der Waals surface area contributed by atoms with Gasteiger partial charge in [-0.2, -0.15) is 5.26 Å². The number of Topliss-reactive ketones (excluding diaryl/α,β-unsaturated/α-hetero) is 1. The maximum Gasteiger partial charge on any atom is 0.187 e. The Morgan fingerprint density at radius 3 is 2.30 bits per heavy atom. The maximum absolute atomic E-state index is 12.8. The van der Waals surface area contributed by atoms with Crippen molar-refractivity contribution >= 4 is 16.8 Å². The number of hydrogen-bond donors (Lipinski definition) is 1. The lowest BCUT2D eigenvalue weighted by Gasteiger charge is -2.08. The van der Waals surface area contributed by atoms with Crippen LogP contribution in [0.25, 0.3) is 11.0 Å². The van der Waals surface area contributed by atoms with Gasteiger partial charge >= 0.3 is 0 Å². The highest BCUT2D eigenvalue weighted by molar-refractivity contribution is 6.02. The first kappa shape index (κ1) is 16.6. The number of rotatable bonds is 5. The van der Waals surface area contributed by atoms with Gasteiger partial charge in [-0.1, -0.05) is 30.3 Å². The zero-order chi connectivity index (χ0) is 18.6. The average Bonchev–Trinajstić information content (AvgIpc) is 3.13. The fourth-order valence-corrected chi connectivity index (χ4v) is 2.83. The van der Waals surface area contributed by atoms with Crippen LogP contribution in [0, 0.1) is 11.3 Å². The van der Waals surface area contributed by atoms with Gasteiger partial charge in [0.2, 0.25) is 0 Å². The van der Waals surface area contributed by atoms with E-state index in [1.165, 1.54) is 0 Å². The van der Waals surface area contributed by atoms with Gasteiger partial charge in [0.1, 0.15) is 17.3 Å². The highest BCUT2D eigenvalue weighted by Crippen LogP contribution is 2.25. The summed E-state index contributed by atoms with van der Waals surface area (Å²) in [5.41, 5.74) is 1.96. The summed E-state index contributed by atoms with van der Waals surface area (Å²) < 4.78 is 5.73. The molecule has 0 amide bonds. The Labute approximate surface area is 155 Å². The number of benzene rings is 3. The van der Waals surface area contributed by atoms with Crippen LogP contribution in [0.2, 0.25) is 0 Å². The third-order valence-electron chi connectivity index (χ3n) is 4.19. The van der Waals surface area contributed by atoms with Gasteiger partial charge in [-0.05, 0) is 48.5 Å². The standard InChI is InChI=1S/C22H15N3O2/c23-14-18(22-24-19-8-4-5-9-20(19)25-22)21(26)15-10-12-17(13-11-15)27-16-6-2-1-3-7-16/h1-13,18H,(H,24,25)/t18-/m0/s1. The molecule has 27 heavy (non-hydrogen) atoms. The lowest BCUT2D eigenvalue weighted by Crippen LogP contribution is -2.12. The van der Waals surface area contributed by atoms with E-state index < -0.39 is 5.92 Å². The topological polar surface area (TPSA) is 78.8 Å². The Morgan fingerprint density at radius 2 is 1.59 bits per heavy atom. The molecule has 130 valence electrons. The number of fused-ring (bicyclic) bond motifs is 1. The summed E-state index contributed by atoms with van der Waals surface area (Å²) in [5, 5.41) is 9.53. The summed E-state index contributed by atoms with van der Waals surface area (Å²) in [5.74, 6) is 0.401. The minimum atomic E-state index is -0.988. The van der Waals surface area contributed by atoms with Crippen molar-refractivity contribution in [3.05, 3.63) is 90.3 Å². The fraction of sp³-hybridized carbons (Fsp3) is 0.0455. The van der Waals surface area contributed by atoms with Crippen molar-refractivity contribution < 1.29 is 9.53 Å². The number of ether oxygens (including phenoxy) is 1. The minimum Gasteiger partial charge on any atom is -0.457 e. The van der Waals surface area contributed by atoms with Gasteiger partial charge in [0.15, 0.2) is 11.7 Å². The SMILES string of the molecule is N#C[C@@H](C(=O)c1ccc(Oc2ccccc2)cc1)c1nc2ccccc2[nH]1. The molecule has 0 aliphatic heterocycles. The molecule has 0 aliphatic carbocycles. The molecule has 0 unspecified atom stereocenters. The highest BCUT2D eigenvalue weighted by Gasteiger charge is 2.25. The van der Waals surface area contributed by atoms with Gasteiger partial charge in [0.25, 0.3) is 0 Å². The molecule has 0 fully saturated rings. The summed E-state index contributed by atoms with van der Waals surface area (Å²) in [7, 11) is 0. The number of carbonyl (C=O) groups excluding carboxylic acids is 1. The van der Waals surface area contributed by atoms with Crippen LogP contribution >= 0.6 is 0 Å². The van der Waals surface area contributed by atoms with Gasteiger partial charge < -0.3 is 9.72 Å². The van der Waals surface area contributed by atoms with Gasteiger partial charge in [0.05, 0.1) is 17.1 Å². The molecule has 1 heterocycles. The van der Waals surface area contributed by atoms with Crippen molar-refractivity contribution in [2.75, 3.05) is 0 Å². The summed E-state index contributed by atoms with van der Waals surface area (Å²) in [6.45, 7) is 0. The number of ketones is 1. The van der Waals surface area contributed by atoms with Crippen molar-refractivity contribution in [1.82, 2.24) is 9.97 Å². The quantitative estimate of drug-likeness (QED) is 0.520. The summed E-state index contributed by atoms with van der Waals surface area (Å²) in [6, 6.07) is 25.6. The van der Waals surface area contributed by atoms with Crippen molar-refractivity contribution in [2.45, 2.75) is 5.92 Å². The Hall–Kier alpha value is -3.91. The summed E-state index contributed by atoms with van der Waals surface area (Å²) >= 11 is 0. The van der Waals surface area contributed by atoms with Gasteiger partial charge in [0, 0.05) is 5.56 Å². The molecule has 1 atom stereocenters. The number of para-hydroxylation sites is 3. The second kappa shape index (κ2) is 7.14. The predicted octanol–water partition coefficient (Wildman–Crippen LogP) is 4.85. The zero-order valence-electron chi connectivity index (χ0n) is 14.3. The van der Waals surface area contributed by atoms with Crippen LogP contribution in [0.4, 0.5) is 0 Å². The second-order valence-electron chi connectivity index (χ2n) is 6.01. The number of aromatic nitrogens is 2. The van der Waals surface area contributed by atoms with E-state index in [2.05, 4.69) is 16.0 Å². The molecule has 3 aromatic carbocycles. The first-order chi connectivity index (χ1) is 13.2. The molecular weight excluding hydrogens is 338 g/mol. The van der Waals surface area contributed by atoms with Crippen molar-refractivity contribution in [1.29, 1.82) is 5.26 Å². The van der Waals surface area contributed by atoms with Gasteiger partial charge in [-0.15, -0.1) is 0 Å². The van der Waals surface area contributed by atoms with Crippen LogP contribution in [-0.2, 0) is 0 Å². The van der Waals surface area contributed by atoms with Crippen LogP contribution < -0.4 is 4.74 Å². The molecule has 0 aliphatic rings. The van der Waals surface area contributed by atoms with Gasteiger partial charge in [-0.25, -0.2) is 4.98 Å². The number of H-pyrrole nitrogens is 1. The molecule has 4 rings (SSSR count). The van der Waals surface area contributed by atoms with E-state index in [0.29, 0.717) is 22.9 Å². The number of imidazole rings is 1. The van der Waals surface area contributed by atoms with E-state index in [1.807, 2.05) is 54.6 Å². The number of aromatic amines is 1. The normalized spacial score (nSPS) is 11.7. The number of nitrogens with zero attached hydrogens (tertiary/aromatic N) is 2. The van der Waals surface area contributed by atoms with Crippen LogP contribution in [0.5, 0.6) is 11.5 Å². The second-order valence-corrected chi connectivity index (χ2v) is 6.01. The van der Waals surface area contributed by atoms with E-state index in [4.69, 9.17) is 4.74 Å². The van der Waals surface area contributed by atoms with Gasteiger partial charge in [-0.3, -0.25) is 4.79 Å². The minimum absolute atomic E-state index is 0.303. The predicted molar refractivity (Wildman–Crippen MR) is 102 cm³/mol. The first-order valence-corrected chi connectivity index (χ1v) is 8.46. The van der Waals surface area contributed by atoms with Crippen molar-refractivity contribution in [3.63, 3.8) is 0 Å². The average molecular weight is 353 g/mol. The van der Waals surface area contributed by atoms with Crippen LogP contribution in [0.3, 0.4) is 0 Å². The Kier molecular flexibility index (Phi) is 4.38. The molecule has 4 aromatic rings. The fourth-order valence-electron chi connectivity index (χ4n) is 2.83. The monoisotopic (exact) mass is 353 g/mol. The number of nitriles is 1. The zero-order valence-corrected chi connectivity index (χ0v) is 14.3.